The Balaban J connectivity index is 2.30. The molecular weight excluding hydrogens is 440 g/mol. The van der Waals surface area contributed by atoms with Crippen molar-refractivity contribution in [3.63, 3.8) is 0 Å². The summed E-state index contributed by atoms with van der Waals surface area (Å²) in [7, 11) is 2.95. The molecule has 1 aliphatic heterocycles. The molecule has 0 aliphatic carbocycles. The number of anilines is 1. The summed E-state index contributed by atoms with van der Waals surface area (Å²) in [6.07, 6.45) is 1.20. The van der Waals surface area contributed by atoms with Gasteiger partial charge in [0, 0.05) is 52.3 Å². The van der Waals surface area contributed by atoms with Crippen molar-refractivity contribution in [2.45, 2.75) is 45.3 Å². The van der Waals surface area contributed by atoms with Crippen LogP contribution >= 0.6 is 0 Å². The molecule has 10 nitrogen and oxygen atoms in total. The molecule has 1 aromatic rings. The predicted molar refractivity (Wildman–Crippen MR) is 127 cm³/mol. The molecule has 0 saturated carbocycles. The summed E-state index contributed by atoms with van der Waals surface area (Å²) in [6, 6.07) is 4.13. The van der Waals surface area contributed by atoms with Crippen LogP contribution < -0.4 is 10.2 Å². The normalized spacial score (nSPS) is 14.7. The van der Waals surface area contributed by atoms with Crippen molar-refractivity contribution < 1.29 is 28.7 Å². The number of carbonyl (C=O) groups is 5. The number of carbonyl (C=O) groups excluding carboxylic acids is 5. The van der Waals surface area contributed by atoms with Gasteiger partial charge in [0.2, 0.25) is 5.91 Å². The minimum absolute atomic E-state index is 0.116. The molecule has 1 unspecified atom stereocenters. The minimum atomic E-state index is -0.862. The lowest BCUT2D eigenvalue weighted by Gasteiger charge is -2.38. The summed E-state index contributed by atoms with van der Waals surface area (Å²) >= 11 is 0. The Morgan fingerprint density at radius 3 is 2.32 bits per heavy atom. The maximum Gasteiger partial charge on any atom is 0.410 e. The third-order valence-corrected chi connectivity index (χ3v) is 5.58. The Bertz CT molecular complexity index is 919. The zero-order valence-electron chi connectivity index (χ0n) is 20.5. The highest BCUT2D eigenvalue weighted by Crippen LogP contribution is 2.27. The number of piperazine rings is 1. The molecule has 0 radical (unpaired) electrons. The van der Waals surface area contributed by atoms with Gasteiger partial charge in [0.25, 0.3) is 5.91 Å². The fraction of sp³-hybridized carbons (Fsp3) is 0.542. The molecule has 1 aromatic carbocycles. The monoisotopic (exact) mass is 474 g/mol. The van der Waals surface area contributed by atoms with Crippen LogP contribution in [0.15, 0.2) is 18.2 Å². The SMILES string of the molecule is CNC(=O)C(CCC=O)N(C)C(=O)c1c(C=O)cccc1N1CCN(C(=O)OC(C)(C)C)CC1. The number of rotatable bonds is 8. The van der Waals surface area contributed by atoms with Gasteiger partial charge in [-0.1, -0.05) is 12.1 Å². The van der Waals surface area contributed by atoms with Crippen molar-refractivity contribution in [2.24, 2.45) is 0 Å². The zero-order chi connectivity index (χ0) is 25.5. The zero-order valence-corrected chi connectivity index (χ0v) is 20.5. The quantitative estimate of drug-likeness (QED) is 0.570. The van der Waals surface area contributed by atoms with Gasteiger partial charge in [-0.25, -0.2) is 4.79 Å². The summed E-state index contributed by atoms with van der Waals surface area (Å²) in [5, 5.41) is 2.52. The third kappa shape index (κ3) is 6.55. The molecule has 1 heterocycles. The van der Waals surface area contributed by atoms with Gasteiger partial charge in [-0.15, -0.1) is 0 Å². The molecule has 0 bridgehead atoms. The molecule has 2 rings (SSSR count). The van der Waals surface area contributed by atoms with Gasteiger partial charge in [0.1, 0.15) is 17.9 Å². The molecule has 1 aliphatic rings. The van der Waals surface area contributed by atoms with Crippen LogP contribution in [0.5, 0.6) is 0 Å². The number of nitrogens with zero attached hydrogens (tertiary/aromatic N) is 3. The number of aldehydes is 2. The number of hydrogen-bond acceptors (Lipinski definition) is 7. The molecule has 1 saturated heterocycles. The summed E-state index contributed by atoms with van der Waals surface area (Å²) in [6.45, 7) is 7.09. The van der Waals surface area contributed by atoms with Crippen molar-refractivity contribution in [3.05, 3.63) is 29.3 Å². The van der Waals surface area contributed by atoms with E-state index in [1.54, 1.807) is 23.1 Å². The second-order valence-electron chi connectivity index (χ2n) is 9.10. The van der Waals surface area contributed by atoms with Crippen LogP contribution in [-0.2, 0) is 14.3 Å². The highest BCUT2D eigenvalue weighted by atomic mass is 16.6. The molecule has 186 valence electrons. The van der Waals surface area contributed by atoms with Crippen LogP contribution in [0.3, 0.4) is 0 Å². The average molecular weight is 475 g/mol. The predicted octanol–water partition coefficient (Wildman–Crippen LogP) is 1.72. The average Bonchev–Trinajstić information content (AvgIpc) is 2.81. The van der Waals surface area contributed by atoms with Gasteiger partial charge in [-0.3, -0.25) is 14.4 Å². The Morgan fingerprint density at radius 2 is 1.79 bits per heavy atom. The van der Waals surface area contributed by atoms with E-state index in [2.05, 4.69) is 5.32 Å². The number of amides is 3. The van der Waals surface area contributed by atoms with Crippen molar-refractivity contribution in [1.29, 1.82) is 0 Å². The number of hydrogen-bond donors (Lipinski definition) is 1. The van der Waals surface area contributed by atoms with E-state index in [0.717, 1.165) is 0 Å². The van der Waals surface area contributed by atoms with Crippen LogP contribution in [0.25, 0.3) is 0 Å². The second-order valence-corrected chi connectivity index (χ2v) is 9.10. The first kappa shape index (κ1) is 26.8. The lowest BCUT2D eigenvalue weighted by atomic mass is 10.0. The van der Waals surface area contributed by atoms with Gasteiger partial charge in [0.15, 0.2) is 6.29 Å². The van der Waals surface area contributed by atoms with Gasteiger partial charge in [-0.05, 0) is 33.3 Å². The van der Waals surface area contributed by atoms with E-state index in [1.807, 2.05) is 25.7 Å². The summed E-state index contributed by atoms with van der Waals surface area (Å²) in [4.78, 5) is 65.8. The maximum atomic E-state index is 13.5. The van der Waals surface area contributed by atoms with E-state index in [0.29, 0.717) is 44.4 Å². The van der Waals surface area contributed by atoms with Gasteiger partial charge in [0.05, 0.1) is 11.3 Å². The Hall–Kier alpha value is -3.43. The second kappa shape index (κ2) is 11.6. The fourth-order valence-electron chi connectivity index (χ4n) is 3.82. The van der Waals surface area contributed by atoms with Crippen molar-refractivity contribution in [1.82, 2.24) is 15.1 Å². The minimum Gasteiger partial charge on any atom is -0.444 e. The molecule has 1 fully saturated rings. The maximum absolute atomic E-state index is 13.5. The lowest BCUT2D eigenvalue weighted by molar-refractivity contribution is -0.125. The van der Waals surface area contributed by atoms with E-state index in [4.69, 9.17) is 4.74 Å². The van der Waals surface area contributed by atoms with E-state index in [1.165, 1.54) is 19.0 Å². The smallest absolute Gasteiger partial charge is 0.410 e. The Morgan fingerprint density at radius 1 is 1.15 bits per heavy atom. The first-order valence-electron chi connectivity index (χ1n) is 11.3. The lowest BCUT2D eigenvalue weighted by Crippen LogP contribution is -2.51. The van der Waals surface area contributed by atoms with Crippen LogP contribution in [0, 0.1) is 0 Å². The van der Waals surface area contributed by atoms with Crippen LogP contribution in [0.1, 0.15) is 54.3 Å². The molecule has 1 atom stereocenters. The van der Waals surface area contributed by atoms with E-state index >= 15 is 0 Å². The van der Waals surface area contributed by atoms with Gasteiger partial charge in [-0.2, -0.15) is 0 Å². The van der Waals surface area contributed by atoms with E-state index < -0.39 is 29.6 Å². The van der Waals surface area contributed by atoms with Crippen molar-refractivity contribution >= 4 is 36.2 Å². The van der Waals surface area contributed by atoms with Gasteiger partial charge >= 0.3 is 6.09 Å². The fourth-order valence-corrected chi connectivity index (χ4v) is 3.82. The van der Waals surface area contributed by atoms with Crippen LogP contribution in [0.4, 0.5) is 10.5 Å². The number of ether oxygens (including phenoxy) is 1. The summed E-state index contributed by atoms with van der Waals surface area (Å²) in [5.41, 5.74) is 0.346. The van der Waals surface area contributed by atoms with Crippen molar-refractivity contribution in [2.75, 3.05) is 45.2 Å². The molecular formula is C24H34N4O6. The highest BCUT2D eigenvalue weighted by Gasteiger charge is 2.32. The molecule has 10 heteroatoms. The summed E-state index contributed by atoms with van der Waals surface area (Å²) in [5.74, 6) is -0.888. The molecule has 0 aromatic heterocycles. The van der Waals surface area contributed by atoms with Crippen molar-refractivity contribution in [3.8, 4) is 0 Å². The van der Waals surface area contributed by atoms with Gasteiger partial charge < -0.3 is 29.5 Å². The van der Waals surface area contributed by atoms with Crippen LogP contribution in [-0.4, -0.2) is 92.2 Å². The molecule has 0 spiro atoms. The topological polar surface area (TPSA) is 116 Å². The third-order valence-electron chi connectivity index (χ3n) is 5.58. The molecule has 1 N–H and O–H groups in total. The van der Waals surface area contributed by atoms with E-state index in [9.17, 15) is 24.0 Å². The highest BCUT2D eigenvalue weighted by molar-refractivity contribution is 6.07. The number of nitrogens with one attached hydrogen (secondary N) is 1. The first-order valence-corrected chi connectivity index (χ1v) is 11.3. The summed E-state index contributed by atoms with van der Waals surface area (Å²) < 4.78 is 5.44. The standard InChI is InChI=1S/C24H34N4O6/c1-24(2,3)34-23(33)28-13-11-27(12-14-28)18-9-6-8-17(16-30)20(18)22(32)26(5)19(10-7-15-29)21(31)25-4/h6,8-9,15-16,19H,7,10-14H2,1-5H3,(H,25,31). The first-order chi connectivity index (χ1) is 16.0. The molecule has 34 heavy (non-hydrogen) atoms. The Kier molecular flexibility index (Phi) is 9.17. The largest absolute Gasteiger partial charge is 0.444 e. The molecule has 3 amide bonds. The Labute approximate surface area is 200 Å². The number of benzene rings is 1. The van der Waals surface area contributed by atoms with E-state index in [-0.39, 0.29) is 24.0 Å². The van der Waals surface area contributed by atoms with Crippen LogP contribution in [0.2, 0.25) is 0 Å². The number of likely N-dealkylation sites (N-methyl/N-ethyl adjacent to an activating group) is 2.